The smallest absolute Gasteiger partial charge is 0.339 e. The molecule has 0 atom stereocenters. The van der Waals surface area contributed by atoms with E-state index in [1.807, 2.05) is 0 Å². The number of ether oxygens (including phenoxy) is 2. The predicted octanol–water partition coefficient (Wildman–Crippen LogP) is 5.74. The maximum atomic E-state index is 13.1. The number of halogens is 1. The molecule has 0 fully saturated rings. The molecular weight excluding hydrogens is 548 g/mol. The minimum Gasteiger partial charge on any atom is -0.490 e. The van der Waals surface area contributed by atoms with E-state index in [-0.39, 0.29) is 34.6 Å². The van der Waals surface area contributed by atoms with Gasteiger partial charge in [-0.2, -0.15) is 8.42 Å². The van der Waals surface area contributed by atoms with Crippen LogP contribution in [0.5, 0.6) is 11.5 Å². The first-order valence-corrected chi connectivity index (χ1v) is 14.2. The zero-order chi connectivity index (χ0) is 25.4. The van der Waals surface area contributed by atoms with Crippen molar-refractivity contribution >= 4 is 37.6 Å². The van der Waals surface area contributed by atoms with Gasteiger partial charge in [0.05, 0.1) is 11.1 Å². The quantitative estimate of drug-likeness (QED) is 0.407. The Morgan fingerprint density at radius 1 is 0.944 bits per heavy atom. The molecule has 0 saturated carbocycles. The summed E-state index contributed by atoms with van der Waals surface area (Å²) >= 11 is 3.46. The zero-order valence-corrected chi connectivity index (χ0v) is 22.1. The minimum absolute atomic E-state index is 0.00450. The average Bonchev–Trinajstić information content (AvgIpc) is 2.86. The number of hydrogen-bond acceptors (Lipinski definition) is 7. The first kappa shape index (κ1) is 24.8. The Hall–Kier alpha value is -2.91. The number of Topliss-reactive ketones (excluding diaryl/α,β-unsaturated/α-hetero) is 2. The van der Waals surface area contributed by atoms with Crippen molar-refractivity contribution in [2.75, 3.05) is 6.61 Å². The van der Waals surface area contributed by atoms with E-state index in [1.165, 1.54) is 12.1 Å². The van der Waals surface area contributed by atoms with E-state index in [9.17, 15) is 18.0 Å². The van der Waals surface area contributed by atoms with Gasteiger partial charge in [-0.15, -0.1) is 0 Å². The highest BCUT2D eigenvalue weighted by Crippen LogP contribution is 2.50. The molecule has 188 valence electrons. The van der Waals surface area contributed by atoms with Crippen LogP contribution in [0.15, 0.2) is 74.5 Å². The monoisotopic (exact) mass is 572 g/mol. The lowest BCUT2D eigenvalue weighted by molar-refractivity contribution is -0.117. The molecule has 2 aromatic carbocycles. The summed E-state index contributed by atoms with van der Waals surface area (Å²) in [6.45, 7) is 2.03. The van der Waals surface area contributed by atoms with Crippen LogP contribution in [0.2, 0.25) is 0 Å². The van der Waals surface area contributed by atoms with Crippen LogP contribution in [0.4, 0.5) is 0 Å². The largest absolute Gasteiger partial charge is 0.490 e. The maximum Gasteiger partial charge on any atom is 0.339 e. The molecule has 0 N–H and O–H groups in total. The lowest BCUT2D eigenvalue weighted by atomic mass is 9.73. The van der Waals surface area contributed by atoms with E-state index in [2.05, 4.69) is 15.9 Å². The number of ketones is 2. The minimum atomic E-state index is -4.13. The highest BCUT2D eigenvalue weighted by Gasteiger charge is 2.42. The molecule has 0 amide bonds. The van der Waals surface area contributed by atoms with E-state index in [0.717, 1.165) is 0 Å². The lowest BCUT2D eigenvalue weighted by Crippen LogP contribution is -2.30. The van der Waals surface area contributed by atoms with Gasteiger partial charge in [0.15, 0.2) is 23.1 Å². The van der Waals surface area contributed by atoms with Gasteiger partial charge in [-0.25, -0.2) is 0 Å². The van der Waals surface area contributed by atoms with E-state index in [0.29, 0.717) is 71.2 Å². The predicted molar refractivity (Wildman–Crippen MR) is 135 cm³/mol. The molecule has 0 unspecified atom stereocenters. The van der Waals surface area contributed by atoms with Crippen LogP contribution in [0.25, 0.3) is 0 Å². The Kier molecular flexibility index (Phi) is 6.78. The lowest BCUT2D eigenvalue weighted by Gasteiger charge is -2.36. The molecule has 0 radical (unpaired) electrons. The molecule has 2 aliphatic carbocycles. The van der Waals surface area contributed by atoms with Gasteiger partial charge in [0, 0.05) is 42.7 Å². The Balaban J connectivity index is 1.64. The van der Waals surface area contributed by atoms with Gasteiger partial charge >= 0.3 is 10.1 Å². The molecule has 0 aromatic heterocycles. The number of allylic oxidation sites excluding steroid dienone is 4. The normalized spacial score (nSPS) is 18.5. The van der Waals surface area contributed by atoms with Crippen LogP contribution in [0.1, 0.15) is 56.9 Å². The molecule has 2 aromatic rings. The summed E-state index contributed by atoms with van der Waals surface area (Å²) in [7, 11) is -4.13. The van der Waals surface area contributed by atoms with E-state index >= 15 is 0 Å². The number of benzene rings is 2. The number of hydrogen-bond donors (Lipinski definition) is 0. The van der Waals surface area contributed by atoms with Gasteiger partial charge in [0.2, 0.25) is 0 Å². The fourth-order valence-corrected chi connectivity index (χ4v) is 6.62. The molecule has 9 heteroatoms. The molecule has 1 aliphatic heterocycles. The summed E-state index contributed by atoms with van der Waals surface area (Å²) in [4.78, 5) is 26.2. The second-order valence-corrected chi connectivity index (χ2v) is 11.3. The highest BCUT2D eigenvalue weighted by molar-refractivity contribution is 9.10. The van der Waals surface area contributed by atoms with Crippen LogP contribution < -0.4 is 8.92 Å². The van der Waals surface area contributed by atoms with E-state index < -0.39 is 16.0 Å². The Morgan fingerprint density at radius 2 is 1.56 bits per heavy atom. The summed E-state index contributed by atoms with van der Waals surface area (Å²) in [6, 6.07) is 11.2. The van der Waals surface area contributed by atoms with Crippen LogP contribution in [-0.2, 0) is 24.4 Å². The molecule has 0 bridgehead atoms. The van der Waals surface area contributed by atoms with E-state index in [1.54, 1.807) is 37.3 Å². The van der Waals surface area contributed by atoms with Crippen molar-refractivity contribution in [2.45, 2.75) is 56.3 Å². The fourth-order valence-electron chi connectivity index (χ4n) is 4.99. The van der Waals surface area contributed by atoms with Crippen molar-refractivity contribution in [3.63, 3.8) is 0 Å². The molecular formula is C27H25BrO7S. The standard InChI is InChI=1S/C27H25BrO7S/c1-2-33-23-15-16(14-18(28)27(23)35-36(31,32)17-8-4-3-5-9-17)24-25-19(29)10-6-12-21(25)34-22-13-7-11-20(30)26(22)24/h3-5,8-9,14-15,24H,2,6-7,10-13H2,1H3. The number of carbonyl (C=O) groups is 2. The summed E-state index contributed by atoms with van der Waals surface area (Å²) in [6.07, 6.45) is 3.48. The SMILES string of the molecule is CCOc1cc(C2C3=C(CCCC3=O)OC3=C2C(=O)CCC3)cc(Br)c1OS(=O)(=O)c1ccccc1. The maximum absolute atomic E-state index is 13.1. The first-order valence-electron chi connectivity index (χ1n) is 12.0. The summed E-state index contributed by atoms with van der Waals surface area (Å²) in [5, 5.41) is 0. The summed E-state index contributed by atoms with van der Waals surface area (Å²) in [5.41, 5.74) is 1.66. The number of rotatable bonds is 6. The van der Waals surface area contributed by atoms with Crippen LogP contribution in [-0.4, -0.2) is 26.6 Å². The van der Waals surface area contributed by atoms with Crippen molar-refractivity contribution in [3.8, 4) is 11.5 Å². The third kappa shape index (κ3) is 4.50. The second kappa shape index (κ2) is 9.86. The van der Waals surface area contributed by atoms with Gasteiger partial charge in [-0.3, -0.25) is 9.59 Å². The molecule has 36 heavy (non-hydrogen) atoms. The van der Waals surface area contributed by atoms with Crippen molar-refractivity contribution in [2.24, 2.45) is 0 Å². The van der Waals surface area contributed by atoms with Gasteiger partial charge < -0.3 is 13.7 Å². The van der Waals surface area contributed by atoms with Crippen LogP contribution in [0.3, 0.4) is 0 Å². The zero-order valence-electron chi connectivity index (χ0n) is 19.7. The van der Waals surface area contributed by atoms with Gasteiger partial charge in [-0.05, 0) is 65.5 Å². The number of carbonyl (C=O) groups excluding carboxylic acids is 2. The van der Waals surface area contributed by atoms with Gasteiger partial charge in [0.25, 0.3) is 0 Å². The van der Waals surface area contributed by atoms with Crippen molar-refractivity contribution in [1.29, 1.82) is 0 Å². The Labute approximate surface area is 218 Å². The van der Waals surface area contributed by atoms with E-state index in [4.69, 9.17) is 13.7 Å². The third-order valence-corrected chi connectivity index (χ3v) is 8.36. The molecule has 5 rings (SSSR count). The second-order valence-electron chi connectivity index (χ2n) is 8.88. The molecule has 7 nitrogen and oxygen atoms in total. The molecule has 0 saturated heterocycles. The van der Waals surface area contributed by atoms with Gasteiger partial charge in [-0.1, -0.05) is 18.2 Å². The van der Waals surface area contributed by atoms with Crippen LogP contribution in [0, 0.1) is 0 Å². The Morgan fingerprint density at radius 3 is 2.14 bits per heavy atom. The third-order valence-electron chi connectivity index (χ3n) is 6.53. The fraction of sp³-hybridized carbons (Fsp3) is 0.333. The van der Waals surface area contributed by atoms with Crippen molar-refractivity contribution in [3.05, 3.63) is 75.2 Å². The summed E-state index contributed by atoms with van der Waals surface area (Å²) < 4.78 is 43.6. The molecule has 1 heterocycles. The van der Waals surface area contributed by atoms with Crippen molar-refractivity contribution < 1.29 is 31.7 Å². The van der Waals surface area contributed by atoms with Crippen LogP contribution >= 0.6 is 15.9 Å². The van der Waals surface area contributed by atoms with Gasteiger partial charge in [0.1, 0.15) is 16.4 Å². The molecule has 3 aliphatic rings. The molecule has 0 spiro atoms. The van der Waals surface area contributed by atoms with Crippen molar-refractivity contribution in [1.82, 2.24) is 0 Å². The summed E-state index contributed by atoms with van der Waals surface area (Å²) in [5.74, 6) is 0.796. The topological polar surface area (TPSA) is 96.0 Å². The highest BCUT2D eigenvalue weighted by atomic mass is 79.9. The Bertz CT molecular complexity index is 1370. The first-order chi connectivity index (χ1) is 17.3. The average molecular weight is 573 g/mol.